The molecule has 0 aromatic carbocycles. The summed E-state index contributed by atoms with van der Waals surface area (Å²) in [5, 5.41) is 23.7. The molecule has 0 rings (SSSR count). The third-order valence-corrected chi connectivity index (χ3v) is 7.50. The fourth-order valence-electron chi connectivity index (χ4n) is 4.24. The number of phosphoric acid groups is 1. The van der Waals surface area contributed by atoms with E-state index in [1.807, 2.05) is 0 Å². The third kappa shape index (κ3) is 23.1. The van der Waals surface area contributed by atoms with Crippen LogP contribution in [0.4, 0.5) is 0 Å². The smallest absolute Gasteiger partial charge is 0.393 e. The Morgan fingerprint density at radius 2 is 1.30 bits per heavy atom. The molecule has 0 aromatic rings. The number of nitrogens with two attached hydrogens (primary N) is 1. The van der Waals surface area contributed by atoms with E-state index in [2.05, 4.69) is 19.2 Å². The number of aliphatic hydroxyl groups excluding tert-OH is 2. The molecule has 1 amide bonds. The van der Waals surface area contributed by atoms with E-state index in [4.69, 9.17) is 14.8 Å². The van der Waals surface area contributed by atoms with Crippen molar-refractivity contribution in [2.75, 3.05) is 19.8 Å². The minimum absolute atomic E-state index is 0.0613. The summed E-state index contributed by atoms with van der Waals surface area (Å²) >= 11 is 0. The SMILES string of the molecule is CCCCCCCCCCC(O)C(COP(=O)(O)OCCN)NC(=O)CC(O)CCCCCCCCC. The average molecular weight is 553 g/mol. The zero-order chi connectivity index (χ0) is 27.8. The molecule has 0 bridgehead atoms. The van der Waals surface area contributed by atoms with Gasteiger partial charge in [-0.3, -0.25) is 13.8 Å². The van der Waals surface area contributed by atoms with Gasteiger partial charge in [0, 0.05) is 6.54 Å². The molecule has 0 aliphatic heterocycles. The highest BCUT2D eigenvalue weighted by atomic mass is 31.2. The van der Waals surface area contributed by atoms with Crippen LogP contribution in [0, 0.1) is 0 Å². The van der Waals surface area contributed by atoms with Crippen LogP contribution in [0.3, 0.4) is 0 Å². The van der Waals surface area contributed by atoms with Gasteiger partial charge in [-0.2, -0.15) is 0 Å². The van der Waals surface area contributed by atoms with Gasteiger partial charge in [-0.25, -0.2) is 4.57 Å². The van der Waals surface area contributed by atoms with Gasteiger partial charge in [0.05, 0.1) is 37.9 Å². The second-order valence-electron chi connectivity index (χ2n) is 10.2. The average Bonchev–Trinajstić information content (AvgIpc) is 2.86. The third-order valence-electron chi connectivity index (χ3n) is 6.52. The van der Waals surface area contributed by atoms with Crippen molar-refractivity contribution in [3.05, 3.63) is 0 Å². The Hall–Kier alpha value is -0.540. The minimum atomic E-state index is -4.34. The molecule has 0 saturated heterocycles. The van der Waals surface area contributed by atoms with Crippen molar-refractivity contribution in [3.63, 3.8) is 0 Å². The van der Waals surface area contributed by atoms with Crippen molar-refractivity contribution >= 4 is 13.7 Å². The molecule has 222 valence electrons. The molecule has 0 aliphatic rings. The molecule has 6 N–H and O–H groups in total. The summed E-state index contributed by atoms with van der Waals surface area (Å²) in [6.45, 7) is 3.92. The van der Waals surface area contributed by atoms with Crippen molar-refractivity contribution in [2.24, 2.45) is 5.73 Å². The largest absolute Gasteiger partial charge is 0.472 e. The number of carbonyl (C=O) groups excluding carboxylic acids is 1. The summed E-state index contributed by atoms with van der Waals surface area (Å²) in [5.74, 6) is -0.422. The standard InChI is InChI=1S/C27H57N2O7P/c1-3-5-7-9-11-13-15-17-19-26(31)25(23-36-37(33,34)35-21-20-28)29-27(32)22-24(30)18-16-14-12-10-8-6-4-2/h24-26,30-31H,3-23,28H2,1-2H3,(H,29,32)(H,33,34). The first-order valence-electron chi connectivity index (χ1n) is 14.7. The van der Waals surface area contributed by atoms with E-state index in [0.717, 1.165) is 38.5 Å². The molecule has 0 aromatic heterocycles. The lowest BCUT2D eigenvalue weighted by atomic mass is 10.0. The van der Waals surface area contributed by atoms with Crippen LogP contribution in [0.25, 0.3) is 0 Å². The Morgan fingerprint density at radius 3 is 1.81 bits per heavy atom. The normalized spacial score (nSPS) is 15.7. The van der Waals surface area contributed by atoms with E-state index in [1.165, 1.54) is 57.8 Å². The van der Waals surface area contributed by atoms with E-state index in [1.54, 1.807) is 0 Å². The quantitative estimate of drug-likeness (QED) is 0.0676. The molecule has 0 fully saturated rings. The molecule has 9 nitrogen and oxygen atoms in total. The van der Waals surface area contributed by atoms with E-state index in [0.29, 0.717) is 12.8 Å². The summed E-state index contributed by atoms with van der Waals surface area (Å²) in [6, 6.07) is -0.884. The highest BCUT2D eigenvalue weighted by molar-refractivity contribution is 7.47. The number of amides is 1. The molecular formula is C27H57N2O7P. The molecule has 37 heavy (non-hydrogen) atoms. The lowest BCUT2D eigenvalue weighted by Crippen LogP contribution is -2.47. The van der Waals surface area contributed by atoms with Gasteiger partial charge in [0.25, 0.3) is 0 Å². The Morgan fingerprint density at radius 1 is 0.811 bits per heavy atom. The molecule has 4 unspecified atom stereocenters. The number of phosphoric ester groups is 1. The molecule has 10 heteroatoms. The van der Waals surface area contributed by atoms with Gasteiger partial charge in [-0.1, -0.05) is 110 Å². The van der Waals surface area contributed by atoms with Crippen LogP contribution in [-0.2, 0) is 18.4 Å². The predicted octanol–water partition coefficient (Wildman–Crippen LogP) is 5.35. The molecule has 4 atom stereocenters. The van der Waals surface area contributed by atoms with E-state index in [-0.39, 0.29) is 26.2 Å². The fraction of sp³-hybridized carbons (Fsp3) is 0.963. The number of hydrogen-bond acceptors (Lipinski definition) is 7. The van der Waals surface area contributed by atoms with Crippen LogP contribution in [-0.4, -0.2) is 59.0 Å². The Bertz CT molecular complexity index is 583. The number of nitrogens with one attached hydrogen (secondary N) is 1. The van der Waals surface area contributed by atoms with Crippen molar-refractivity contribution in [1.82, 2.24) is 5.32 Å². The monoisotopic (exact) mass is 552 g/mol. The topological polar surface area (TPSA) is 151 Å². The van der Waals surface area contributed by atoms with E-state index in [9.17, 15) is 24.5 Å². The molecule has 0 aliphatic carbocycles. The molecular weight excluding hydrogens is 495 g/mol. The summed E-state index contributed by atoms with van der Waals surface area (Å²) in [5.41, 5.74) is 5.30. The van der Waals surface area contributed by atoms with E-state index >= 15 is 0 Å². The van der Waals surface area contributed by atoms with Gasteiger partial charge in [-0.05, 0) is 12.8 Å². The van der Waals surface area contributed by atoms with Gasteiger partial charge < -0.3 is 26.2 Å². The molecule has 0 heterocycles. The highest BCUT2D eigenvalue weighted by Gasteiger charge is 2.28. The molecule has 0 saturated carbocycles. The Labute approximate surface area is 225 Å². The van der Waals surface area contributed by atoms with Crippen molar-refractivity contribution in [2.45, 2.75) is 148 Å². The van der Waals surface area contributed by atoms with Crippen LogP contribution in [0.5, 0.6) is 0 Å². The van der Waals surface area contributed by atoms with E-state index < -0.39 is 32.0 Å². The second kappa shape index (κ2) is 24.5. The number of hydrogen-bond donors (Lipinski definition) is 5. The first-order chi connectivity index (χ1) is 17.8. The zero-order valence-electron chi connectivity index (χ0n) is 23.6. The lowest BCUT2D eigenvalue weighted by molar-refractivity contribution is -0.125. The lowest BCUT2D eigenvalue weighted by Gasteiger charge is -2.25. The van der Waals surface area contributed by atoms with Crippen molar-refractivity contribution in [3.8, 4) is 0 Å². The summed E-state index contributed by atoms with van der Waals surface area (Å²) < 4.78 is 21.8. The van der Waals surface area contributed by atoms with Gasteiger partial charge in [0.15, 0.2) is 0 Å². The maximum atomic E-state index is 12.6. The number of carbonyl (C=O) groups is 1. The molecule has 0 radical (unpaired) electrons. The summed E-state index contributed by atoms with van der Waals surface area (Å²) in [4.78, 5) is 22.4. The first kappa shape index (κ1) is 36.5. The Balaban J connectivity index is 4.56. The van der Waals surface area contributed by atoms with Crippen LogP contribution in [0.15, 0.2) is 0 Å². The Kier molecular flexibility index (Phi) is 24.1. The number of unbranched alkanes of at least 4 members (excludes halogenated alkanes) is 13. The fourth-order valence-corrected chi connectivity index (χ4v) is 5.00. The van der Waals surface area contributed by atoms with Gasteiger partial charge in [-0.15, -0.1) is 0 Å². The van der Waals surface area contributed by atoms with Crippen LogP contribution in [0.2, 0.25) is 0 Å². The predicted molar refractivity (Wildman–Crippen MR) is 149 cm³/mol. The zero-order valence-corrected chi connectivity index (χ0v) is 24.5. The van der Waals surface area contributed by atoms with Gasteiger partial charge >= 0.3 is 7.82 Å². The number of rotatable bonds is 27. The maximum Gasteiger partial charge on any atom is 0.472 e. The second-order valence-corrected chi connectivity index (χ2v) is 11.6. The van der Waals surface area contributed by atoms with Crippen LogP contribution >= 0.6 is 7.82 Å². The maximum absolute atomic E-state index is 12.6. The van der Waals surface area contributed by atoms with Crippen LogP contribution < -0.4 is 11.1 Å². The van der Waals surface area contributed by atoms with Gasteiger partial charge in [0.2, 0.25) is 5.91 Å². The van der Waals surface area contributed by atoms with Gasteiger partial charge in [0.1, 0.15) is 0 Å². The van der Waals surface area contributed by atoms with Crippen LogP contribution in [0.1, 0.15) is 129 Å². The minimum Gasteiger partial charge on any atom is -0.393 e. The summed E-state index contributed by atoms with van der Waals surface area (Å²) in [7, 11) is -4.34. The number of aliphatic hydroxyl groups is 2. The first-order valence-corrected chi connectivity index (χ1v) is 16.2. The summed E-state index contributed by atoms with van der Waals surface area (Å²) in [6.07, 6.45) is 16.1. The molecule has 0 spiro atoms. The highest BCUT2D eigenvalue weighted by Crippen LogP contribution is 2.43. The van der Waals surface area contributed by atoms with Crippen molar-refractivity contribution in [1.29, 1.82) is 0 Å². The van der Waals surface area contributed by atoms with Crippen molar-refractivity contribution < 1.29 is 33.5 Å².